The van der Waals surface area contributed by atoms with Gasteiger partial charge in [0.15, 0.2) is 0 Å². The molecule has 0 unspecified atom stereocenters. The van der Waals surface area contributed by atoms with Crippen molar-refractivity contribution in [3.63, 3.8) is 0 Å². The fourth-order valence-electron chi connectivity index (χ4n) is 2.66. The predicted molar refractivity (Wildman–Crippen MR) is 90.1 cm³/mol. The van der Waals surface area contributed by atoms with E-state index in [1.54, 1.807) is 18.2 Å². The monoisotopic (exact) mass is 354 g/mol. The molecule has 122 valence electrons. The Morgan fingerprint density at radius 2 is 1.83 bits per heavy atom. The van der Waals surface area contributed by atoms with Crippen molar-refractivity contribution in [2.45, 2.75) is 17.7 Å². The molecule has 0 atom stereocenters. The van der Waals surface area contributed by atoms with Crippen LogP contribution in [-0.2, 0) is 10.0 Å². The highest BCUT2D eigenvalue weighted by Crippen LogP contribution is 2.33. The first-order valence-electron chi connectivity index (χ1n) is 7.29. The van der Waals surface area contributed by atoms with Gasteiger partial charge in [0, 0.05) is 18.1 Å². The van der Waals surface area contributed by atoms with Crippen molar-refractivity contribution >= 4 is 33.0 Å². The zero-order valence-electron chi connectivity index (χ0n) is 12.3. The van der Waals surface area contributed by atoms with E-state index >= 15 is 0 Å². The molecule has 2 aromatic carbocycles. The van der Waals surface area contributed by atoms with Crippen molar-refractivity contribution in [1.29, 1.82) is 0 Å². The Labute approximate surface area is 139 Å². The van der Waals surface area contributed by atoms with Gasteiger partial charge in [0.1, 0.15) is 5.82 Å². The smallest absolute Gasteiger partial charge is 0.262 e. The first-order chi connectivity index (χ1) is 11.0. The number of sulfonamides is 1. The largest absolute Gasteiger partial charge is 0.370 e. The van der Waals surface area contributed by atoms with E-state index in [0.717, 1.165) is 37.7 Å². The van der Waals surface area contributed by atoms with Crippen molar-refractivity contribution in [3.05, 3.63) is 53.3 Å². The van der Waals surface area contributed by atoms with E-state index in [9.17, 15) is 12.8 Å². The number of nitrogens with one attached hydrogen (secondary N) is 1. The number of benzene rings is 2. The van der Waals surface area contributed by atoms with Crippen molar-refractivity contribution in [2.75, 3.05) is 22.7 Å². The Morgan fingerprint density at radius 3 is 2.52 bits per heavy atom. The summed E-state index contributed by atoms with van der Waals surface area (Å²) >= 11 is 6.01. The molecule has 1 aliphatic heterocycles. The average molecular weight is 355 g/mol. The van der Waals surface area contributed by atoms with Gasteiger partial charge in [-0.3, -0.25) is 4.72 Å². The van der Waals surface area contributed by atoms with E-state index in [1.807, 2.05) is 0 Å². The van der Waals surface area contributed by atoms with Crippen molar-refractivity contribution in [3.8, 4) is 0 Å². The van der Waals surface area contributed by atoms with Gasteiger partial charge in [-0.1, -0.05) is 17.7 Å². The van der Waals surface area contributed by atoms with Gasteiger partial charge in [-0.05, 0) is 49.2 Å². The highest BCUT2D eigenvalue weighted by atomic mass is 35.5. The number of halogens is 2. The Morgan fingerprint density at radius 1 is 1.09 bits per heavy atom. The summed E-state index contributed by atoms with van der Waals surface area (Å²) in [4.78, 5) is 1.99. The zero-order valence-corrected chi connectivity index (χ0v) is 13.9. The van der Waals surface area contributed by atoms with Gasteiger partial charge in [-0.2, -0.15) is 0 Å². The topological polar surface area (TPSA) is 49.4 Å². The van der Waals surface area contributed by atoms with Crippen LogP contribution in [0.25, 0.3) is 0 Å². The lowest BCUT2D eigenvalue weighted by atomic mass is 10.2. The van der Waals surface area contributed by atoms with Gasteiger partial charge >= 0.3 is 0 Å². The number of nitrogens with zero attached hydrogens (tertiary/aromatic N) is 1. The van der Waals surface area contributed by atoms with E-state index in [4.69, 9.17) is 11.6 Å². The maximum Gasteiger partial charge on any atom is 0.262 e. The van der Waals surface area contributed by atoms with E-state index in [2.05, 4.69) is 9.62 Å². The molecule has 1 fully saturated rings. The number of hydrogen-bond acceptors (Lipinski definition) is 3. The predicted octanol–water partition coefficient (Wildman–Crippen LogP) is 3.88. The van der Waals surface area contributed by atoms with Gasteiger partial charge in [-0.25, -0.2) is 12.8 Å². The number of rotatable bonds is 4. The molecule has 1 N–H and O–H groups in total. The summed E-state index contributed by atoms with van der Waals surface area (Å²) in [6.07, 6.45) is 2.14. The Hall–Kier alpha value is -1.79. The van der Waals surface area contributed by atoms with Gasteiger partial charge in [-0.15, -0.1) is 0 Å². The summed E-state index contributed by atoms with van der Waals surface area (Å²) in [7, 11) is -3.88. The molecule has 0 amide bonds. The van der Waals surface area contributed by atoms with Crippen LogP contribution in [0.1, 0.15) is 12.8 Å². The molecule has 7 heteroatoms. The molecular weight excluding hydrogens is 339 g/mol. The molecule has 0 saturated carbocycles. The number of hydrogen-bond donors (Lipinski definition) is 1. The standard InChI is InChI=1S/C16H16ClFN2O2S/c17-12-6-7-16(20-8-1-2-9-20)15(10-12)19-23(21,22)14-5-3-4-13(18)11-14/h3-7,10-11,19H,1-2,8-9H2. The van der Waals surface area contributed by atoms with Crippen LogP contribution in [0.5, 0.6) is 0 Å². The second-order valence-corrected chi connectivity index (χ2v) is 7.54. The first kappa shape index (κ1) is 16.1. The Balaban J connectivity index is 1.97. The molecular formula is C16H16ClFN2O2S. The lowest BCUT2D eigenvalue weighted by Crippen LogP contribution is -2.21. The third-order valence-corrected chi connectivity index (χ3v) is 5.35. The second kappa shape index (κ2) is 6.37. The van der Waals surface area contributed by atoms with Crippen LogP contribution in [0, 0.1) is 5.82 Å². The van der Waals surface area contributed by atoms with Gasteiger partial charge < -0.3 is 4.90 Å². The SMILES string of the molecule is O=S(=O)(Nc1cc(Cl)ccc1N1CCCC1)c1cccc(F)c1. The molecule has 3 rings (SSSR count). The lowest BCUT2D eigenvalue weighted by Gasteiger charge is -2.22. The third-order valence-electron chi connectivity index (χ3n) is 3.76. The molecule has 0 radical (unpaired) electrons. The van der Waals surface area contributed by atoms with Crippen LogP contribution in [0.2, 0.25) is 5.02 Å². The summed E-state index contributed by atoms with van der Waals surface area (Å²) in [5.74, 6) is -0.598. The normalized spacial score (nSPS) is 15.0. The minimum atomic E-state index is -3.88. The molecule has 1 aliphatic rings. The van der Waals surface area contributed by atoms with Crippen molar-refractivity contribution in [2.24, 2.45) is 0 Å². The minimum Gasteiger partial charge on any atom is -0.370 e. The zero-order chi connectivity index (χ0) is 16.4. The summed E-state index contributed by atoms with van der Waals surface area (Å²) in [5, 5.41) is 0.435. The fraction of sp³-hybridized carbons (Fsp3) is 0.250. The summed E-state index contributed by atoms with van der Waals surface area (Å²) in [5.41, 5.74) is 1.19. The first-order valence-corrected chi connectivity index (χ1v) is 9.15. The van der Waals surface area contributed by atoms with Crippen molar-refractivity contribution < 1.29 is 12.8 Å². The quantitative estimate of drug-likeness (QED) is 0.906. The molecule has 1 saturated heterocycles. The van der Waals surface area contributed by atoms with Crippen LogP contribution >= 0.6 is 11.6 Å². The summed E-state index contributed by atoms with van der Waals surface area (Å²) < 4.78 is 40.8. The lowest BCUT2D eigenvalue weighted by molar-refractivity contribution is 0.595. The molecule has 23 heavy (non-hydrogen) atoms. The van der Waals surface area contributed by atoms with E-state index < -0.39 is 15.8 Å². The molecule has 0 spiro atoms. The molecule has 0 aliphatic carbocycles. The molecule has 4 nitrogen and oxygen atoms in total. The highest BCUT2D eigenvalue weighted by molar-refractivity contribution is 7.92. The third kappa shape index (κ3) is 3.59. The summed E-state index contributed by atoms with van der Waals surface area (Å²) in [6, 6.07) is 10.0. The number of anilines is 2. The van der Waals surface area contributed by atoms with Gasteiger partial charge in [0.2, 0.25) is 0 Å². The molecule has 2 aromatic rings. The van der Waals surface area contributed by atoms with Crippen LogP contribution in [0.4, 0.5) is 15.8 Å². The minimum absolute atomic E-state index is 0.121. The van der Waals surface area contributed by atoms with Gasteiger partial charge in [0.25, 0.3) is 10.0 Å². The fourth-order valence-corrected chi connectivity index (χ4v) is 3.93. The van der Waals surface area contributed by atoms with E-state index in [0.29, 0.717) is 10.7 Å². The second-order valence-electron chi connectivity index (χ2n) is 5.42. The van der Waals surface area contributed by atoms with Crippen LogP contribution in [-0.4, -0.2) is 21.5 Å². The van der Waals surface area contributed by atoms with E-state index in [1.165, 1.54) is 18.2 Å². The molecule has 0 bridgehead atoms. The molecule has 1 heterocycles. The Kier molecular flexibility index (Phi) is 4.46. The average Bonchev–Trinajstić information content (AvgIpc) is 3.01. The molecule has 0 aromatic heterocycles. The van der Waals surface area contributed by atoms with Crippen LogP contribution in [0.15, 0.2) is 47.4 Å². The maximum atomic E-state index is 13.3. The van der Waals surface area contributed by atoms with Gasteiger partial charge in [0.05, 0.1) is 16.3 Å². The van der Waals surface area contributed by atoms with Crippen LogP contribution < -0.4 is 9.62 Å². The van der Waals surface area contributed by atoms with Crippen LogP contribution in [0.3, 0.4) is 0 Å². The Bertz CT molecular complexity index is 821. The van der Waals surface area contributed by atoms with Crippen molar-refractivity contribution in [1.82, 2.24) is 0 Å². The summed E-state index contributed by atoms with van der Waals surface area (Å²) in [6.45, 7) is 1.74. The van der Waals surface area contributed by atoms with E-state index in [-0.39, 0.29) is 4.90 Å². The maximum absolute atomic E-state index is 13.3. The highest BCUT2D eigenvalue weighted by Gasteiger charge is 2.21.